The highest BCUT2D eigenvalue weighted by atomic mass is 35.5. The molecule has 5 nitrogen and oxygen atoms in total. The summed E-state index contributed by atoms with van der Waals surface area (Å²) in [4.78, 5) is 12.1. The molecule has 0 heterocycles. The van der Waals surface area contributed by atoms with Crippen LogP contribution >= 0.6 is 23.2 Å². The molecule has 0 aliphatic carbocycles. The van der Waals surface area contributed by atoms with E-state index in [0.717, 1.165) is 0 Å². The molecular weight excluding hydrogens is 313 g/mol. The van der Waals surface area contributed by atoms with Crippen LogP contribution < -0.4 is 11.1 Å². The van der Waals surface area contributed by atoms with E-state index in [4.69, 9.17) is 34.1 Å². The molecule has 0 unspecified atom stereocenters. The lowest BCUT2D eigenvalue weighted by atomic mass is 10.1. The molecule has 2 aromatic rings. The van der Waals surface area contributed by atoms with Crippen LogP contribution in [-0.2, 0) is 0 Å². The summed E-state index contributed by atoms with van der Waals surface area (Å²) in [7, 11) is 0. The van der Waals surface area contributed by atoms with Gasteiger partial charge in [0.25, 0.3) is 5.91 Å². The van der Waals surface area contributed by atoms with Crippen molar-refractivity contribution in [3.63, 3.8) is 0 Å². The number of amides is 1. The van der Waals surface area contributed by atoms with E-state index >= 15 is 0 Å². The lowest BCUT2D eigenvalue weighted by Crippen LogP contribution is -2.15. The van der Waals surface area contributed by atoms with E-state index in [1.165, 1.54) is 0 Å². The summed E-state index contributed by atoms with van der Waals surface area (Å²) in [5, 5.41) is 14.8. The molecule has 21 heavy (non-hydrogen) atoms. The number of hydrogen-bond donors (Lipinski definition) is 3. The third-order valence-corrected chi connectivity index (χ3v) is 3.38. The smallest absolute Gasteiger partial charge is 0.255 e. The van der Waals surface area contributed by atoms with Gasteiger partial charge < -0.3 is 16.3 Å². The predicted molar refractivity (Wildman–Crippen MR) is 83.4 cm³/mol. The van der Waals surface area contributed by atoms with E-state index in [1.54, 1.807) is 42.5 Å². The lowest BCUT2D eigenvalue weighted by molar-refractivity contribution is 0.102. The highest BCUT2D eigenvalue weighted by Crippen LogP contribution is 2.30. The number of oxime groups is 1. The van der Waals surface area contributed by atoms with Crippen molar-refractivity contribution in [3.8, 4) is 0 Å². The molecule has 108 valence electrons. The number of nitrogens with one attached hydrogen (secondary N) is 1. The molecule has 0 aliphatic rings. The Morgan fingerprint density at radius 1 is 1.05 bits per heavy atom. The average Bonchev–Trinajstić information content (AvgIpc) is 2.50. The normalized spacial score (nSPS) is 11.2. The molecule has 2 aromatic carbocycles. The molecule has 0 fully saturated rings. The minimum Gasteiger partial charge on any atom is -0.409 e. The first-order valence-corrected chi connectivity index (χ1v) is 6.62. The van der Waals surface area contributed by atoms with Crippen molar-refractivity contribution in [2.45, 2.75) is 0 Å². The summed E-state index contributed by atoms with van der Waals surface area (Å²) in [5.74, 6) is -0.396. The van der Waals surface area contributed by atoms with Gasteiger partial charge in [-0.05, 0) is 24.3 Å². The number of amidine groups is 1. The van der Waals surface area contributed by atoms with Gasteiger partial charge in [0.15, 0.2) is 5.84 Å². The minimum atomic E-state index is -0.365. The van der Waals surface area contributed by atoms with Crippen LogP contribution in [0, 0.1) is 0 Å². The molecule has 0 radical (unpaired) electrons. The zero-order valence-corrected chi connectivity index (χ0v) is 12.2. The minimum absolute atomic E-state index is 0.0314. The van der Waals surface area contributed by atoms with Crippen LogP contribution in [0.1, 0.15) is 15.9 Å². The zero-order chi connectivity index (χ0) is 15.4. The Balaban J connectivity index is 2.21. The molecule has 4 N–H and O–H groups in total. The van der Waals surface area contributed by atoms with Crippen molar-refractivity contribution in [2.75, 3.05) is 5.32 Å². The molecule has 0 atom stereocenters. The van der Waals surface area contributed by atoms with E-state index in [-0.39, 0.29) is 11.7 Å². The molecule has 0 aromatic heterocycles. The molecule has 7 heteroatoms. The first kappa shape index (κ1) is 15.2. The summed E-state index contributed by atoms with van der Waals surface area (Å²) in [5.41, 5.74) is 6.70. The van der Waals surface area contributed by atoms with Gasteiger partial charge in [-0.15, -0.1) is 0 Å². The number of halogens is 2. The second kappa shape index (κ2) is 6.47. The maximum Gasteiger partial charge on any atom is 0.255 e. The fourth-order valence-electron chi connectivity index (χ4n) is 1.65. The van der Waals surface area contributed by atoms with Crippen molar-refractivity contribution >= 4 is 40.6 Å². The topological polar surface area (TPSA) is 87.7 Å². The Kier molecular flexibility index (Phi) is 4.67. The van der Waals surface area contributed by atoms with Crippen molar-refractivity contribution < 1.29 is 10.0 Å². The summed E-state index contributed by atoms with van der Waals surface area (Å²) in [6.45, 7) is 0. The molecule has 0 saturated carbocycles. The van der Waals surface area contributed by atoms with Crippen LogP contribution in [0.5, 0.6) is 0 Å². The van der Waals surface area contributed by atoms with E-state index in [0.29, 0.717) is 26.9 Å². The van der Waals surface area contributed by atoms with Crippen LogP contribution in [0.2, 0.25) is 10.0 Å². The van der Waals surface area contributed by atoms with Crippen LogP contribution in [0.25, 0.3) is 0 Å². The van der Waals surface area contributed by atoms with Crippen LogP contribution in [0.15, 0.2) is 47.6 Å². The van der Waals surface area contributed by atoms with Gasteiger partial charge in [-0.3, -0.25) is 4.79 Å². The van der Waals surface area contributed by atoms with Gasteiger partial charge in [0.1, 0.15) is 0 Å². The van der Waals surface area contributed by atoms with Crippen molar-refractivity contribution in [1.29, 1.82) is 0 Å². The number of carbonyl (C=O) groups is 1. The maximum atomic E-state index is 12.1. The Morgan fingerprint density at radius 3 is 2.10 bits per heavy atom. The Bertz CT molecular complexity index is 680. The maximum absolute atomic E-state index is 12.1. The molecule has 0 spiro atoms. The lowest BCUT2D eigenvalue weighted by Gasteiger charge is -2.09. The molecule has 0 aliphatic heterocycles. The van der Waals surface area contributed by atoms with Crippen LogP contribution in [0.4, 0.5) is 5.69 Å². The van der Waals surface area contributed by atoms with E-state index in [2.05, 4.69) is 10.5 Å². The first-order chi connectivity index (χ1) is 10.0. The van der Waals surface area contributed by atoms with Gasteiger partial charge >= 0.3 is 0 Å². The standard InChI is InChI=1S/C14H11Cl2N3O2/c15-10-2-1-3-11(16)12(10)18-14(20)9-6-4-8(5-7-9)13(17)19-21/h1-7,21H,(H2,17,19)(H,18,20). The molecule has 1 amide bonds. The number of benzene rings is 2. The quantitative estimate of drug-likeness (QED) is 0.350. The van der Waals surface area contributed by atoms with Gasteiger partial charge in [0.2, 0.25) is 0 Å². The second-order valence-electron chi connectivity index (χ2n) is 4.11. The summed E-state index contributed by atoms with van der Waals surface area (Å²) in [6.07, 6.45) is 0. The summed E-state index contributed by atoms with van der Waals surface area (Å²) < 4.78 is 0. The van der Waals surface area contributed by atoms with Crippen molar-refractivity contribution in [2.24, 2.45) is 10.9 Å². The van der Waals surface area contributed by atoms with Crippen LogP contribution in [-0.4, -0.2) is 17.0 Å². The SMILES string of the molecule is NC(=NO)c1ccc(C(=O)Nc2c(Cl)cccc2Cl)cc1. The highest BCUT2D eigenvalue weighted by molar-refractivity contribution is 6.40. The van der Waals surface area contributed by atoms with Crippen molar-refractivity contribution in [3.05, 3.63) is 63.6 Å². The van der Waals surface area contributed by atoms with Crippen LogP contribution in [0.3, 0.4) is 0 Å². The van der Waals surface area contributed by atoms with Gasteiger partial charge in [0.05, 0.1) is 15.7 Å². The number of rotatable bonds is 3. The molecule has 0 saturated heterocycles. The number of para-hydroxylation sites is 1. The van der Waals surface area contributed by atoms with E-state index < -0.39 is 0 Å². The van der Waals surface area contributed by atoms with Gasteiger partial charge in [-0.1, -0.05) is 46.6 Å². The fourth-order valence-corrected chi connectivity index (χ4v) is 2.14. The number of nitrogens with zero attached hydrogens (tertiary/aromatic N) is 1. The number of hydrogen-bond acceptors (Lipinski definition) is 3. The fraction of sp³-hybridized carbons (Fsp3) is 0. The highest BCUT2D eigenvalue weighted by Gasteiger charge is 2.11. The van der Waals surface area contributed by atoms with Gasteiger partial charge in [-0.2, -0.15) is 0 Å². The van der Waals surface area contributed by atoms with E-state index in [1.807, 2.05) is 0 Å². The monoisotopic (exact) mass is 323 g/mol. The predicted octanol–water partition coefficient (Wildman–Crippen LogP) is 3.34. The summed E-state index contributed by atoms with van der Waals surface area (Å²) in [6, 6.07) is 11.2. The van der Waals surface area contributed by atoms with Crippen molar-refractivity contribution in [1.82, 2.24) is 0 Å². The third-order valence-electron chi connectivity index (χ3n) is 2.75. The number of anilines is 1. The Hall–Kier alpha value is -2.24. The number of nitrogens with two attached hydrogens (primary N) is 1. The first-order valence-electron chi connectivity index (χ1n) is 5.86. The number of carbonyl (C=O) groups excluding carboxylic acids is 1. The van der Waals surface area contributed by atoms with Gasteiger partial charge in [0, 0.05) is 11.1 Å². The largest absolute Gasteiger partial charge is 0.409 e. The van der Waals surface area contributed by atoms with E-state index in [9.17, 15) is 4.79 Å². The average molecular weight is 324 g/mol. The third kappa shape index (κ3) is 3.45. The molecule has 0 bridgehead atoms. The Labute approximate surface area is 131 Å². The molecular formula is C14H11Cl2N3O2. The zero-order valence-electron chi connectivity index (χ0n) is 10.7. The Morgan fingerprint density at radius 2 is 1.57 bits per heavy atom. The second-order valence-corrected chi connectivity index (χ2v) is 4.93. The summed E-state index contributed by atoms with van der Waals surface area (Å²) >= 11 is 12.0. The van der Waals surface area contributed by atoms with Gasteiger partial charge in [-0.25, -0.2) is 0 Å². The molecule has 2 rings (SSSR count).